The summed E-state index contributed by atoms with van der Waals surface area (Å²) >= 11 is 0. The van der Waals surface area contributed by atoms with E-state index in [9.17, 15) is 24.9 Å². The first-order chi connectivity index (χ1) is 23.6. The van der Waals surface area contributed by atoms with Crippen molar-refractivity contribution in [1.82, 2.24) is 4.90 Å². The summed E-state index contributed by atoms with van der Waals surface area (Å²) in [6, 6.07) is -0.167. The molecule has 0 radical (unpaired) electrons. The van der Waals surface area contributed by atoms with Crippen molar-refractivity contribution in [2.75, 3.05) is 34.9 Å². The molecule has 3 aliphatic rings. The van der Waals surface area contributed by atoms with Crippen molar-refractivity contribution in [2.24, 2.45) is 17.8 Å². The number of hydrogen-bond donors (Lipinski definition) is 3. The third-order valence-corrected chi connectivity index (χ3v) is 10.1. The normalized spacial score (nSPS) is 44.4. The molecule has 2 fully saturated rings. The highest BCUT2D eigenvalue weighted by atomic mass is 16.7. The molecule has 15 atom stereocenters. The molecule has 15 unspecified atom stereocenters. The summed E-state index contributed by atoms with van der Waals surface area (Å²) < 4.78 is 41.3. The molecule has 0 bridgehead atoms. The lowest BCUT2D eigenvalue weighted by Gasteiger charge is -2.43. The number of aliphatic hydroxyl groups is 3. The highest BCUT2D eigenvalue weighted by molar-refractivity contribution is 5.91. The molecular weight excluding hydrogens is 650 g/mol. The van der Waals surface area contributed by atoms with Crippen LogP contribution in [0.4, 0.5) is 0 Å². The van der Waals surface area contributed by atoms with Gasteiger partial charge in [-0.3, -0.25) is 4.79 Å². The van der Waals surface area contributed by atoms with Gasteiger partial charge in [0.15, 0.2) is 18.4 Å². The van der Waals surface area contributed by atoms with Crippen LogP contribution in [0.2, 0.25) is 0 Å². The number of carbonyl (C=O) groups is 2. The lowest BCUT2D eigenvalue weighted by molar-refractivity contribution is -0.310. The van der Waals surface area contributed by atoms with Gasteiger partial charge in [0.1, 0.15) is 36.1 Å². The number of rotatable bonds is 9. The molecule has 3 N–H and O–H groups in total. The minimum atomic E-state index is -1.85. The Bertz CT molecular complexity index is 1180. The summed E-state index contributed by atoms with van der Waals surface area (Å²) in [5.74, 6) is -1.66. The van der Waals surface area contributed by atoms with Gasteiger partial charge in [0.05, 0.1) is 24.9 Å². The number of ether oxygens (including phenoxy) is 7. The molecule has 0 amide bonds. The summed E-state index contributed by atoms with van der Waals surface area (Å²) in [6.07, 6.45) is 2.53. The molecule has 0 aliphatic carbocycles. The topological polar surface area (TPSA) is 163 Å². The number of allylic oxidation sites excluding steroid dienone is 3. The second kappa shape index (κ2) is 19.2. The number of nitrogens with zero attached hydrogens (tertiary/aromatic N) is 1. The third-order valence-electron chi connectivity index (χ3n) is 10.1. The molecule has 13 heteroatoms. The quantitative estimate of drug-likeness (QED) is 0.300. The maximum absolute atomic E-state index is 13.3. The Morgan fingerprint density at radius 1 is 0.900 bits per heavy atom. The van der Waals surface area contributed by atoms with Crippen molar-refractivity contribution >= 4 is 11.8 Å². The molecule has 0 aromatic rings. The van der Waals surface area contributed by atoms with Crippen LogP contribution in [0.25, 0.3) is 0 Å². The molecule has 2 saturated heterocycles. The Morgan fingerprint density at radius 3 is 2.20 bits per heavy atom. The molecule has 3 aliphatic heterocycles. The van der Waals surface area contributed by atoms with E-state index in [4.69, 9.17) is 33.2 Å². The van der Waals surface area contributed by atoms with Crippen LogP contribution >= 0.6 is 0 Å². The van der Waals surface area contributed by atoms with Gasteiger partial charge in [-0.1, -0.05) is 45.9 Å². The highest BCUT2D eigenvalue weighted by Crippen LogP contribution is 2.32. The summed E-state index contributed by atoms with van der Waals surface area (Å²) in [7, 11) is 6.70. The number of ketones is 1. The van der Waals surface area contributed by atoms with Crippen LogP contribution in [-0.2, 0) is 42.7 Å². The van der Waals surface area contributed by atoms with Crippen molar-refractivity contribution in [2.45, 2.75) is 134 Å². The predicted molar refractivity (Wildman–Crippen MR) is 185 cm³/mol. The molecule has 0 aromatic heterocycles. The second-order valence-electron chi connectivity index (χ2n) is 14.4. The minimum Gasteiger partial charge on any atom is -0.456 e. The van der Waals surface area contributed by atoms with Crippen molar-refractivity contribution in [3.63, 3.8) is 0 Å². The molecule has 0 aromatic carbocycles. The molecule has 13 nitrogen and oxygen atoms in total. The van der Waals surface area contributed by atoms with Crippen LogP contribution in [0.5, 0.6) is 0 Å². The van der Waals surface area contributed by atoms with Crippen LogP contribution in [0.1, 0.15) is 60.8 Å². The first kappa shape index (κ1) is 42.4. The van der Waals surface area contributed by atoms with E-state index in [1.165, 1.54) is 44.6 Å². The van der Waals surface area contributed by atoms with Crippen LogP contribution in [0.3, 0.4) is 0 Å². The van der Waals surface area contributed by atoms with Gasteiger partial charge in [-0.05, 0) is 65.3 Å². The largest absolute Gasteiger partial charge is 0.456 e. The van der Waals surface area contributed by atoms with E-state index in [-0.39, 0.29) is 48.7 Å². The monoisotopic (exact) mass is 711 g/mol. The molecule has 286 valence electrons. The zero-order valence-electron chi connectivity index (χ0n) is 31.3. The average Bonchev–Trinajstić information content (AvgIpc) is 3.07. The summed E-state index contributed by atoms with van der Waals surface area (Å²) in [5, 5.41) is 33.7. The number of aliphatic hydroxyl groups excluding tert-OH is 2. The third kappa shape index (κ3) is 10.8. The molecule has 50 heavy (non-hydrogen) atoms. The van der Waals surface area contributed by atoms with Gasteiger partial charge in [0, 0.05) is 38.2 Å². The van der Waals surface area contributed by atoms with Gasteiger partial charge in [0.25, 0.3) is 0 Å². The summed E-state index contributed by atoms with van der Waals surface area (Å²) in [6.45, 7) is 10.7. The Hall–Kier alpha value is -2.04. The van der Waals surface area contributed by atoms with Crippen molar-refractivity contribution in [3.8, 4) is 0 Å². The van der Waals surface area contributed by atoms with Crippen LogP contribution in [0.15, 0.2) is 36.5 Å². The highest BCUT2D eigenvalue weighted by Gasteiger charge is 2.47. The second-order valence-corrected chi connectivity index (χ2v) is 14.4. The number of esters is 1. The smallest absolute Gasteiger partial charge is 0.330 e. The van der Waals surface area contributed by atoms with Crippen LogP contribution < -0.4 is 0 Å². The van der Waals surface area contributed by atoms with E-state index in [2.05, 4.69) is 0 Å². The fourth-order valence-electron chi connectivity index (χ4n) is 7.09. The van der Waals surface area contributed by atoms with Gasteiger partial charge in [0.2, 0.25) is 0 Å². The van der Waals surface area contributed by atoms with Gasteiger partial charge >= 0.3 is 5.97 Å². The maximum Gasteiger partial charge on any atom is 0.330 e. The molecular formula is C37H61NO12. The van der Waals surface area contributed by atoms with E-state index < -0.39 is 66.9 Å². The van der Waals surface area contributed by atoms with Crippen molar-refractivity contribution in [3.05, 3.63) is 36.5 Å². The zero-order valence-corrected chi connectivity index (χ0v) is 31.3. The lowest BCUT2D eigenvalue weighted by Crippen LogP contribution is -2.59. The van der Waals surface area contributed by atoms with Gasteiger partial charge in [-0.15, -0.1) is 0 Å². The first-order valence-corrected chi connectivity index (χ1v) is 17.7. The fraction of sp³-hybridized carbons (Fsp3) is 0.784. The van der Waals surface area contributed by atoms with Crippen LogP contribution in [0, 0.1) is 17.8 Å². The molecule has 3 heterocycles. The number of hydrogen-bond acceptors (Lipinski definition) is 13. The Balaban J connectivity index is 1.90. The summed E-state index contributed by atoms with van der Waals surface area (Å²) in [5.41, 5.74) is -1.85. The van der Waals surface area contributed by atoms with Crippen LogP contribution in [-0.4, -0.2) is 140 Å². The average molecular weight is 712 g/mol. The van der Waals surface area contributed by atoms with E-state index in [1.54, 1.807) is 19.9 Å². The lowest BCUT2D eigenvalue weighted by atomic mass is 9.84. The van der Waals surface area contributed by atoms with E-state index in [0.717, 1.165) is 0 Å². The number of cyclic esters (lactones) is 1. The molecule has 3 rings (SSSR count). The number of carbonyl (C=O) groups excluding carboxylic acids is 2. The number of likely N-dealkylation sites (N-methyl/N-ethyl adjacent to an activating group) is 1. The first-order valence-electron chi connectivity index (χ1n) is 17.7. The fourth-order valence-corrected chi connectivity index (χ4v) is 7.09. The Labute approximate surface area is 297 Å². The van der Waals surface area contributed by atoms with Gasteiger partial charge in [-0.25, -0.2) is 4.79 Å². The van der Waals surface area contributed by atoms with Crippen molar-refractivity contribution < 1.29 is 58.1 Å². The standard InChI is InChI=1S/C37H61NO12/c1-11-28-37(43,20-46-36-34(45-10)33(44-9)30(41)25(6)48-36)17-13-12-14-27(39)22(3)18-23(4)32(21(2)15-16-29(40)49-28)50-35-31(42)26(38(7)8)19-24(5)47-35/h12-17,21-26,28,30-36,41-43H,11,18-20H2,1-10H3/b14-12+,16-15+,17-13-. The van der Waals surface area contributed by atoms with E-state index in [0.29, 0.717) is 12.8 Å². The maximum atomic E-state index is 13.3. The minimum absolute atomic E-state index is 0.110. The van der Waals surface area contributed by atoms with Crippen molar-refractivity contribution in [1.29, 1.82) is 0 Å². The predicted octanol–water partition coefficient (Wildman–Crippen LogP) is 2.55. The van der Waals surface area contributed by atoms with Gasteiger partial charge < -0.3 is 53.4 Å². The number of methoxy groups -OCH3 is 2. The van der Waals surface area contributed by atoms with Gasteiger partial charge in [-0.2, -0.15) is 0 Å². The SMILES string of the molecule is CCC1OC(=O)/C=C/C(C)C(OC2OC(C)CC(N(C)C)C2O)C(C)CC(C)C(=O)/C=C/C=C\C1(O)COC1OC(C)C(O)C(OC)C1OC. The van der Waals surface area contributed by atoms with E-state index in [1.807, 2.05) is 46.7 Å². The van der Waals surface area contributed by atoms with E-state index >= 15 is 0 Å². The Kier molecular flexibility index (Phi) is 16.2. The molecule has 0 spiro atoms. The zero-order chi connectivity index (χ0) is 37.3. The summed E-state index contributed by atoms with van der Waals surface area (Å²) in [4.78, 5) is 28.5. The molecule has 0 saturated carbocycles. The Morgan fingerprint density at radius 2 is 1.58 bits per heavy atom.